The van der Waals surface area contributed by atoms with Crippen molar-refractivity contribution in [1.82, 2.24) is 10.2 Å². The monoisotopic (exact) mass is 362 g/mol. The van der Waals surface area contributed by atoms with E-state index in [0.29, 0.717) is 28.6 Å². The third-order valence-electron chi connectivity index (χ3n) is 3.27. The van der Waals surface area contributed by atoms with Crippen LogP contribution in [0.1, 0.15) is 16.8 Å². The van der Waals surface area contributed by atoms with Crippen molar-refractivity contribution in [3.05, 3.63) is 33.4 Å². The van der Waals surface area contributed by atoms with Crippen LogP contribution in [0.25, 0.3) is 0 Å². The molecule has 0 bridgehead atoms. The van der Waals surface area contributed by atoms with Gasteiger partial charge in [0.1, 0.15) is 27.6 Å². The lowest BCUT2D eigenvalue weighted by Crippen LogP contribution is -2.04. The highest BCUT2D eigenvalue weighted by molar-refractivity contribution is 9.10. The average molecular weight is 363 g/mol. The average Bonchev–Trinajstić information content (AvgIpc) is 2.52. The van der Waals surface area contributed by atoms with Gasteiger partial charge in [0.25, 0.3) is 0 Å². The number of aryl methyl sites for hydroxylation is 1. The molecule has 0 spiro atoms. The molecule has 0 saturated carbocycles. The number of nitrogens with zero attached hydrogens (tertiary/aromatic N) is 3. The maximum Gasteiger partial charge on any atom is 0.171 e. The summed E-state index contributed by atoms with van der Waals surface area (Å²) in [5.74, 6) is 1.62. The fraction of sp³-hybridized carbons (Fsp3) is 0.267. The van der Waals surface area contributed by atoms with E-state index in [4.69, 9.17) is 9.47 Å². The van der Waals surface area contributed by atoms with Crippen molar-refractivity contribution in [3.63, 3.8) is 0 Å². The van der Waals surface area contributed by atoms with Gasteiger partial charge in [0.05, 0.1) is 19.9 Å². The molecule has 0 aliphatic rings. The van der Waals surface area contributed by atoms with E-state index in [1.54, 1.807) is 26.4 Å². The van der Waals surface area contributed by atoms with Crippen LogP contribution < -0.4 is 14.8 Å². The zero-order valence-corrected chi connectivity index (χ0v) is 14.3. The molecule has 0 fully saturated rings. The summed E-state index contributed by atoms with van der Waals surface area (Å²) in [4.78, 5) is 0. The minimum absolute atomic E-state index is 0.400. The quantitative estimate of drug-likeness (QED) is 0.896. The Balaban J connectivity index is 2.48. The number of benzene rings is 1. The normalized spacial score (nSPS) is 10.0. The molecule has 0 atom stereocenters. The van der Waals surface area contributed by atoms with Gasteiger partial charge in [0.2, 0.25) is 0 Å². The number of nitrogens with one attached hydrogen (secondary N) is 1. The van der Waals surface area contributed by atoms with Gasteiger partial charge in [-0.25, -0.2) is 0 Å². The van der Waals surface area contributed by atoms with Gasteiger partial charge in [-0.1, -0.05) is 0 Å². The van der Waals surface area contributed by atoms with Crippen molar-refractivity contribution in [1.29, 1.82) is 5.26 Å². The fourth-order valence-corrected chi connectivity index (χ4v) is 2.46. The molecular formula is C15H15BrN4O2. The Morgan fingerprint density at radius 2 is 1.73 bits per heavy atom. The van der Waals surface area contributed by atoms with Crippen molar-refractivity contribution < 1.29 is 9.47 Å². The van der Waals surface area contributed by atoms with Gasteiger partial charge in [-0.15, -0.1) is 5.10 Å². The van der Waals surface area contributed by atoms with Gasteiger partial charge >= 0.3 is 0 Å². The van der Waals surface area contributed by atoms with Gasteiger partial charge in [-0.3, -0.25) is 0 Å². The van der Waals surface area contributed by atoms with Crippen molar-refractivity contribution in [2.75, 3.05) is 19.5 Å². The van der Waals surface area contributed by atoms with E-state index in [-0.39, 0.29) is 0 Å². The van der Waals surface area contributed by atoms with E-state index in [9.17, 15) is 5.26 Å². The summed E-state index contributed by atoms with van der Waals surface area (Å²) in [5.41, 5.74) is 2.68. The van der Waals surface area contributed by atoms with Crippen LogP contribution >= 0.6 is 15.9 Å². The lowest BCUT2D eigenvalue weighted by Gasteiger charge is -2.14. The van der Waals surface area contributed by atoms with Gasteiger partial charge in [-0.05, 0) is 35.3 Å². The molecule has 0 radical (unpaired) electrons. The third-order valence-corrected chi connectivity index (χ3v) is 4.06. The van der Waals surface area contributed by atoms with Crippen molar-refractivity contribution >= 4 is 27.4 Å². The third kappa shape index (κ3) is 2.97. The van der Waals surface area contributed by atoms with Gasteiger partial charge in [-0.2, -0.15) is 10.4 Å². The highest BCUT2D eigenvalue weighted by Gasteiger charge is 2.14. The Hall–Kier alpha value is -2.33. The summed E-state index contributed by atoms with van der Waals surface area (Å²) in [6.45, 7) is 3.66. The summed E-state index contributed by atoms with van der Waals surface area (Å²) in [5, 5.41) is 20.5. The lowest BCUT2D eigenvalue weighted by molar-refractivity contribution is 0.390. The number of aromatic nitrogens is 2. The second kappa shape index (κ2) is 6.62. The fourth-order valence-electron chi connectivity index (χ4n) is 1.91. The Kier molecular flexibility index (Phi) is 4.83. The maximum absolute atomic E-state index is 9.33. The minimum Gasteiger partial charge on any atom is -0.495 e. The molecule has 2 aromatic rings. The zero-order valence-electron chi connectivity index (χ0n) is 12.7. The first kappa shape index (κ1) is 16.0. The number of hydrogen-bond donors (Lipinski definition) is 1. The van der Waals surface area contributed by atoms with Crippen molar-refractivity contribution in [2.24, 2.45) is 0 Å². The highest BCUT2D eigenvalue weighted by Crippen LogP contribution is 2.38. The van der Waals surface area contributed by atoms with Crippen LogP contribution in [-0.4, -0.2) is 24.4 Å². The van der Waals surface area contributed by atoms with E-state index < -0.39 is 0 Å². The molecule has 0 amide bonds. The lowest BCUT2D eigenvalue weighted by atomic mass is 10.1. The molecular weight excluding hydrogens is 348 g/mol. The smallest absolute Gasteiger partial charge is 0.171 e. The molecule has 1 heterocycles. The molecule has 114 valence electrons. The molecule has 0 aliphatic heterocycles. The second-order valence-corrected chi connectivity index (χ2v) is 5.36. The largest absolute Gasteiger partial charge is 0.495 e. The molecule has 1 aromatic heterocycles. The number of hydrogen-bond acceptors (Lipinski definition) is 6. The number of ether oxygens (including phenoxy) is 2. The summed E-state index contributed by atoms with van der Waals surface area (Å²) in [6, 6.07) is 5.72. The van der Waals surface area contributed by atoms with Crippen LogP contribution in [0.15, 0.2) is 16.6 Å². The number of rotatable bonds is 4. The summed E-state index contributed by atoms with van der Waals surface area (Å²) >= 11 is 3.41. The van der Waals surface area contributed by atoms with Crippen LogP contribution in [-0.2, 0) is 0 Å². The van der Waals surface area contributed by atoms with Gasteiger partial charge in [0.15, 0.2) is 5.82 Å². The number of halogens is 1. The van der Waals surface area contributed by atoms with Gasteiger partial charge in [0, 0.05) is 17.8 Å². The van der Waals surface area contributed by atoms with Crippen LogP contribution in [0.3, 0.4) is 0 Å². The number of anilines is 2. The minimum atomic E-state index is 0.400. The zero-order chi connectivity index (χ0) is 16.3. The highest BCUT2D eigenvalue weighted by atomic mass is 79.9. The number of nitriles is 1. The van der Waals surface area contributed by atoms with Crippen molar-refractivity contribution in [3.8, 4) is 17.6 Å². The molecule has 22 heavy (non-hydrogen) atoms. The molecule has 2 rings (SSSR count). The molecule has 0 saturated heterocycles. The van der Waals surface area contributed by atoms with E-state index in [1.807, 2.05) is 13.8 Å². The second-order valence-electron chi connectivity index (χ2n) is 4.57. The molecule has 7 heteroatoms. The van der Waals surface area contributed by atoms with E-state index in [2.05, 4.69) is 37.5 Å². The van der Waals surface area contributed by atoms with E-state index in [0.717, 1.165) is 15.7 Å². The maximum atomic E-state index is 9.33. The van der Waals surface area contributed by atoms with Crippen LogP contribution in [0.4, 0.5) is 11.5 Å². The molecule has 1 N–H and O–H groups in total. The predicted octanol–water partition coefficient (Wildman–Crippen LogP) is 3.49. The van der Waals surface area contributed by atoms with Crippen LogP contribution in [0.2, 0.25) is 0 Å². The van der Waals surface area contributed by atoms with Crippen LogP contribution in [0.5, 0.6) is 11.5 Å². The first-order valence-corrected chi connectivity index (χ1v) is 7.23. The standard InChI is InChI=1S/C15H15BrN4O2/c1-8-9(2)19-20-15(11(8)7-17)18-10-5-12(21-3)14(16)13(6-10)22-4/h5-6H,1-4H3,(H,18,20). The van der Waals surface area contributed by atoms with Gasteiger partial charge < -0.3 is 14.8 Å². The molecule has 1 aromatic carbocycles. The van der Waals surface area contributed by atoms with E-state index >= 15 is 0 Å². The SMILES string of the molecule is COc1cc(Nc2nnc(C)c(C)c2C#N)cc(OC)c1Br. The number of methoxy groups -OCH3 is 2. The Labute approximate surface area is 137 Å². The first-order chi connectivity index (χ1) is 10.5. The first-order valence-electron chi connectivity index (χ1n) is 6.44. The summed E-state index contributed by atoms with van der Waals surface area (Å²) < 4.78 is 11.3. The van der Waals surface area contributed by atoms with E-state index in [1.165, 1.54) is 0 Å². The summed E-state index contributed by atoms with van der Waals surface area (Å²) in [6.07, 6.45) is 0. The molecule has 0 aliphatic carbocycles. The Morgan fingerprint density at radius 1 is 1.14 bits per heavy atom. The van der Waals surface area contributed by atoms with Crippen molar-refractivity contribution in [2.45, 2.75) is 13.8 Å². The van der Waals surface area contributed by atoms with Crippen LogP contribution in [0, 0.1) is 25.2 Å². The molecule has 6 nitrogen and oxygen atoms in total. The Bertz CT molecular complexity index is 731. The molecule has 0 unspecified atom stereocenters. The Morgan fingerprint density at radius 3 is 2.23 bits per heavy atom. The predicted molar refractivity (Wildman–Crippen MR) is 86.7 cm³/mol. The summed E-state index contributed by atoms with van der Waals surface area (Å²) in [7, 11) is 3.14. The topological polar surface area (TPSA) is 80.1 Å².